The zero-order valence-electron chi connectivity index (χ0n) is 15.9. The fourth-order valence-electron chi connectivity index (χ4n) is 3.04. The average molecular weight is 431 g/mol. The lowest BCUT2D eigenvalue weighted by atomic mass is 10.2. The molecule has 1 aliphatic rings. The first-order valence-electron chi connectivity index (χ1n) is 9.01. The number of anilines is 1. The minimum atomic E-state index is -0.493. The topological polar surface area (TPSA) is 87.3 Å². The van der Waals surface area contributed by atoms with Gasteiger partial charge in [0, 0.05) is 17.1 Å². The number of carbonyl (C=O) groups excluding carboxylic acids is 2. The number of nitrogens with one attached hydrogen (secondary N) is 2. The van der Waals surface area contributed by atoms with Gasteiger partial charge in [-0.2, -0.15) is 0 Å². The van der Waals surface area contributed by atoms with Gasteiger partial charge in [-0.1, -0.05) is 23.4 Å². The lowest BCUT2D eigenvalue weighted by Gasteiger charge is -2.10. The zero-order valence-corrected chi connectivity index (χ0v) is 17.5. The van der Waals surface area contributed by atoms with Crippen LogP contribution in [0.25, 0.3) is 11.0 Å². The van der Waals surface area contributed by atoms with Gasteiger partial charge >= 0.3 is 5.97 Å². The third kappa shape index (κ3) is 4.24. The number of carbonyl (C=O) groups is 2. The molecule has 0 unspecified atom stereocenters. The highest BCUT2D eigenvalue weighted by atomic mass is 35.5. The predicted octanol–water partition coefficient (Wildman–Crippen LogP) is 3.58. The summed E-state index contributed by atoms with van der Waals surface area (Å²) in [5.41, 5.74) is 3.25. The Labute approximate surface area is 176 Å². The normalized spacial score (nSPS) is 13.0. The molecule has 1 aromatic heterocycles. The maximum absolute atomic E-state index is 12.6. The van der Waals surface area contributed by atoms with Crippen LogP contribution in [0.15, 0.2) is 40.4 Å². The highest BCUT2D eigenvalue weighted by Gasteiger charge is 2.21. The van der Waals surface area contributed by atoms with Gasteiger partial charge in [0.1, 0.15) is 17.7 Å². The van der Waals surface area contributed by atoms with Crippen LogP contribution in [0.5, 0.6) is 0 Å². The number of hydrogen-bond acceptors (Lipinski definition) is 6. The number of imidazole rings is 1. The molecule has 29 heavy (non-hydrogen) atoms. The van der Waals surface area contributed by atoms with E-state index in [0.717, 1.165) is 16.1 Å². The van der Waals surface area contributed by atoms with Gasteiger partial charge in [0.25, 0.3) is 0 Å². The van der Waals surface area contributed by atoms with Gasteiger partial charge in [-0.25, -0.2) is 9.78 Å². The van der Waals surface area contributed by atoms with E-state index in [9.17, 15) is 9.59 Å². The SMILES string of the molecule is CN(C)CCOC(=O)c1c(Cl)ccc2[nH]c(Sc3ccc4c(c3)CC(=O)N4)nc12. The van der Waals surface area contributed by atoms with Crippen LogP contribution in [-0.4, -0.2) is 54.0 Å². The number of fused-ring (bicyclic) bond motifs is 2. The maximum Gasteiger partial charge on any atom is 0.342 e. The minimum absolute atomic E-state index is 0.00190. The molecule has 0 saturated carbocycles. The van der Waals surface area contributed by atoms with E-state index in [2.05, 4.69) is 15.3 Å². The van der Waals surface area contributed by atoms with Gasteiger partial charge in [-0.15, -0.1) is 0 Å². The minimum Gasteiger partial charge on any atom is -0.461 e. The summed E-state index contributed by atoms with van der Waals surface area (Å²) in [5, 5.41) is 3.75. The molecule has 9 heteroatoms. The molecule has 0 atom stereocenters. The van der Waals surface area contributed by atoms with Crippen molar-refractivity contribution in [2.24, 2.45) is 0 Å². The summed E-state index contributed by atoms with van der Waals surface area (Å²) in [4.78, 5) is 34.8. The Morgan fingerprint density at radius 3 is 2.93 bits per heavy atom. The molecule has 2 aromatic carbocycles. The number of amides is 1. The van der Waals surface area contributed by atoms with E-state index in [1.165, 1.54) is 11.8 Å². The van der Waals surface area contributed by atoms with Crippen molar-refractivity contribution in [2.45, 2.75) is 16.5 Å². The summed E-state index contributed by atoms with van der Waals surface area (Å²) in [6, 6.07) is 9.22. The molecule has 0 radical (unpaired) electrons. The van der Waals surface area contributed by atoms with Gasteiger partial charge < -0.3 is 19.9 Å². The number of nitrogens with zero attached hydrogens (tertiary/aromatic N) is 2. The highest BCUT2D eigenvalue weighted by Crippen LogP contribution is 2.34. The molecule has 2 N–H and O–H groups in total. The molecule has 0 fully saturated rings. The van der Waals surface area contributed by atoms with E-state index in [1.807, 2.05) is 37.2 Å². The number of likely N-dealkylation sites (N-methyl/N-ethyl adjacent to an activating group) is 1. The van der Waals surface area contributed by atoms with E-state index in [1.54, 1.807) is 12.1 Å². The highest BCUT2D eigenvalue weighted by molar-refractivity contribution is 7.99. The van der Waals surface area contributed by atoms with Gasteiger partial charge in [-0.3, -0.25) is 4.79 Å². The first kappa shape index (κ1) is 19.8. The van der Waals surface area contributed by atoms with E-state index >= 15 is 0 Å². The Bertz CT molecular complexity index is 1110. The van der Waals surface area contributed by atoms with Crippen LogP contribution in [0.4, 0.5) is 5.69 Å². The van der Waals surface area contributed by atoms with Crippen LogP contribution in [-0.2, 0) is 16.0 Å². The van der Waals surface area contributed by atoms with Crippen molar-refractivity contribution in [3.05, 3.63) is 46.5 Å². The molecule has 1 amide bonds. The molecular formula is C20H19ClN4O3S. The third-order valence-corrected chi connectivity index (χ3v) is 5.67. The largest absolute Gasteiger partial charge is 0.461 e. The van der Waals surface area contributed by atoms with Crippen LogP contribution < -0.4 is 5.32 Å². The van der Waals surface area contributed by atoms with Crippen LogP contribution in [0.1, 0.15) is 15.9 Å². The molecule has 0 spiro atoms. The summed E-state index contributed by atoms with van der Waals surface area (Å²) in [6.45, 7) is 0.892. The number of benzene rings is 2. The van der Waals surface area contributed by atoms with E-state index < -0.39 is 5.97 Å². The fraction of sp³-hybridized carbons (Fsp3) is 0.250. The fourth-order valence-corrected chi connectivity index (χ4v) is 4.13. The molecule has 4 rings (SSSR count). The van der Waals surface area contributed by atoms with Crippen molar-refractivity contribution in [1.82, 2.24) is 14.9 Å². The molecule has 2 heterocycles. The van der Waals surface area contributed by atoms with E-state index in [-0.39, 0.29) is 18.1 Å². The van der Waals surface area contributed by atoms with Crippen molar-refractivity contribution in [3.8, 4) is 0 Å². The monoisotopic (exact) mass is 430 g/mol. The molecule has 0 saturated heterocycles. The second kappa shape index (κ2) is 8.06. The summed E-state index contributed by atoms with van der Waals surface area (Å²) in [5.74, 6) is -0.495. The van der Waals surface area contributed by atoms with Crippen molar-refractivity contribution in [2.75, 3.05) is 32.6 Å². The van der Waals surface area contributed by atoms with Crippen molar-refractivity contribution in [1.29, 1.82) is 0 Å². The number of esters is 1. The Balaban J connectivity index is 1.59. The van der Waals surface area contributed by atoms with Crippen LogP contribution >= 0.6 is 23.4 Å². The van der Waals surface area contributed by atoms with Gasteiger partial charge in [0.05, 0.1) is 17.0 Å². The lowest BCUT2D eigenvalue weighted by molar-refractivity contribution is -0.115. The Morgan fingerprint density at radius 1 is 1.31 bits per heavy atom. The number of aromatic amines is 1. The van der Waals surface area contributed by atoms with Crippen molar-refractivity contribution < 1.29 is 14.3 Å². The summed E-state index contributed by atoms with van der Waals surface area (Å²) < 4.78 is 5.35. The first-order chi connectivity index (χ1) is 13.9. The average Bonchev–Trinajstić information content (AvgIpc) is 3.22. The van der Waals surface area contributed by atoms with Crippen LogP contribution in [0, 0.1) is 0 Å². The second-order valence-corrected chi connectivity index (χ2v) is 8.42. The second-order valence-electron chi connectivity index (χ2n) is 6.95. The third-order valence-electron chi connectivity index (χ3n) is 4.47. The summed E-state index contributed by atoms with van der Waals surface area (Å²) in [6.07, 6.45) is 0.377. The molecular weight excluding hydrogens is 412 g/mol. The molecule has 150 valence electrons. The van der Waals surface area contributed by atoms with E-state index in [4.69, 9.17) is 16.3 Å². The number of hydrogen-bond donors (Lipinski definition) is 2. The maximum atomic E-state index is 12.6. The number of H-pyrrole nitrogens is 1. The van der Waals surface area contributed by atoms with Crippen LogP contribution in [0.2, 0.25) is 5.02 Å². The summed E-state index contributed by atoms with van der Waals surface area (Å²) >= 11 is 7.70. The smallest absolute Gasteiger partial charge is 0.342 e. The molecule has 3 aromatic rings. The van der Waals surface area contributed by atoms with Gasteiger partial charge in [0.2, 0.25) is 5.91 Å². The Kier molecular flexibility index (Phi) is 5.49. The summed E-state index contributed by atoms with van der Waals surface area (Å²) in [7, 11) is 3.81. The number of rotatable bonds is 6. The molecule has 7 nitrogen and oxygen atoms in total. The predicted molar refractivity (Wildman–Crippen MR) is 113 cm³/mol. The van der Waals surface area contributed by atoms with Crippen LogP contribution in [0.3, 0.4) is 0 Å². The standard InChI is InChI=1S/C20H19ClN4O3S/c1-25(2)7-8-28-19(27)17-13(21)4-6-15-18(17)24-20(23-15)29-12-3-5-14-11(9-12)10-16(26)22-14/h3-6,9H,7-8,10H2,1-2H3,(H,22,26)(H,23,24). The molecule has 0 aliphatic carbocycles. The quantitative estimate of drug-likeness (QED) is 0.581. The lowest BCUT2D eigenvalue weighted by Crippen LogP contribution is -2.20. The van der Waals surface area contributed by atoms with Gasteiger partial charge in [0.15, 0.2) is 5.16 Å². The van der Waals surface area contributed by atoms with Crippen molar-refractivity contribution >= 4 is 52.0 Å². The molecule has 0 bridgehead atoms. The number of aromatic nitrogens is 2. The number of halogens is 1. The zero-order chi connectivity index (χ0) is 20.5. The van der Waals surface area contributed by atoms with Gasteiger partial charge in [-0.05, 0) is 50.0 Å². The van der Waals surface area contributed by atoms with Crippen molar-refractivity contribution in [3.63, 3.8) is 0 Å². The Morgan fingerprint density at radius 2 is 2.14 bits per heavy atom. The van der Waals surface area contributed by atoms with E-state index in [0.29, 0.717) is 34.2 Å². The number of ether oxygens (including phenoxy) is 1. The Hall–Kier alpha value is -2.55. The first-order valence-corrected chi connectivity index (χ1v) is 10.2. The molecule has 1 aliphatic heterocycles.